The first kappa shape index (κ1) is 17.8. The van der Waals surface area contributed by atoms with E-state index in [0.717, 1.165) is 43.8 Å². The molecule has 0 amide bonds. The Morgan fingerprint density at radius 2 is 1.81 bits per heavy atom. The number of hydrogen-bond donors (Lipinski definition) is 1. The molecule has 1 N–H and O–H groups in total. The Morgan fingerprint density at radius 1 is 1.10 bits per heavy atom. The van der Waals surface area contributed by atoms with Gasteiger partial charge in [0, 0.05) is 12.0 Å². The molecule has 1 fully saturated rings. The first-order valence-corrected chi connectivity index (χ1v) is 6.32. The van der Waals surface area contributed by atoms with Gasteiger partial charge < -0.3 is 5.32 Å². The van der Waals surface area contributed by atoms with Crippen LogP contribution in [0.4, 0.5) is 8.78 Å². The third-order valence-electron chi connectivity index (χ3n) is 3.44. The summed E-state index contributed by atoms with van der Waals surface area (Å²) in [7, 11) is 0. The average molecular weight is 337 g/mol. The molecule has 0 saturated carbocycles. The quantitative estimate of drug-likeness (QED) is 0.916. The second-order valence-corrected chi connectivity index (χ2v) is 4.71. The minimum Gasteiger partial charge on any atom is -0.317 e. The Labute approximate surface area is 133 Å². The molecule has 3 rings (SSSR count). The standard InChI is InChI=1S/C13H14F2N4.2ClH/c14-11-2-1-10(7-12(11)15)19-8-13(17-18-19)9-3-5-16-6-4-9;;/h1-2,7-9,16H,3-6H2;2*1H. The van der Waals surface area contributed by atoms with Gasteiger partial charge in [-0.2, -0.15) is 0 Å². The van der Waals surface area contributed by atoms with Gasteiger partial charge in [0.15, 0.2) is 11.6 Å². The fourth-order valence-electron chi connectivity index (χ4n) is 2.34. The first-order valence-electron chi connectivity index (χ1n) is 6.32. The topological polar surface area (TPSA) is 42.7 Å². The molecule has 21 heavy (non-hydrogen) atoms. The van der Waals surface area contributed by atoms with Crippen LogP contribution in [0.3, 0.4) is 0 Å². The molecule has 1 aliphatic rings. The van der Waals surface area contributed by atoms with E-state index in [1.165, 1.54) is 10.7 Å². The van der Waals surface area contributed by atoms with Crippen LogP contribution in [0.25, 0.3) is 5.69 Å². The zero-order chi connectivity index (χ0) is 13.2. The summed E-state index contributed by atoms with van der Waals surface area (Å²) in [5, 5.41) is 11.4. The summed E-state index contributed by atoms with van der Waals surface area (Å²) in [5.41, 5.74) is 1.39. The molecule has 1 aromatic carbocycles. The summed E-state index contributed by atoms with van der Waals surface area (Å²) in [5.74, 6) is -1.35. The lowest BCUT2D eigenvalue weighted by Gasteiger charge is -2.19. The Morgan fingerprint density at radius 3 is 2.48 bits per heavy atom. The van der Waals surface area contributed by atoms with Crippen LogP contribution >= 0.6 is 24.8 Å². The van der Waals surface area contributed by atoms with E-state index in [1.54, 1.807) is 6.20 Å². The van der Waals surface area contributed by atoms with E-state index >= 15 is 0 Å². The van der Waals surface area contributed by atoms with Gasteiger partial charge >= 0.3 is 0 Å². The Hall–Kier alpha value is -1.24. The third kappa shape index (κ3) is 3.90. The second-order valence-electron chi connectivity index (χ2n) is 4.71. The number of nitrogens with zero attached hydrogens (tertiary/aromatic N) is 3. The van der Waals surface area contributed by atoms with Gasteiger partial charge in [0.25, 0.3) is 0 Å². The smallest absolute Gasteiger partial charge is 0.160 e. The number of hydrogen-bond acceptors (Lipinski definition) is 3. The van der Waals surface area contributed by atoms with Crippen molar-refractivity contribution in [3.8, 4) is 5.69 Å². The normalized spacial score (nSPS) is 15.1. The van der Waals surface area contributed by atoms with Gasteiger partial charge in [0.2, 0.25) is 0 Å². The number of benzene rings is 1. The van der Waals surface area contributed by atoms with Gasteiger partial charge in [-0.1, -0.05) is 5.21 Å². The largest absolute Gasteiger partial charge is 0.317 e. The van der Waals surface area contributed by atoms with Crippen LogP contribution in [0.5, 0.6) is 0 Å². The maximum atomic E-state index is 13.2. The van der Waals surface area contributed by atoms with E-state index < -0.39 is 11.6 Å². The molecular weight excluding hydrogens is 321 g/mol. The Balaban J connectivity index is 0.00000110. The van der Waals surface area contributed by atoms with Crippen molar-refractivity contribution < 1.29 is 8.78 Å². The highest BCUT2D eigenvalue weighted by Gasteiger charge is 2.18. The molecule has 1 aliphatic heterocycles. The monoisotopic (exact) mass is 336 g/mol. The predicted octanol–water partition coefficient (Wildman–Crippen LogP) is 2.86. The Bertz CT molecular complexity index is 585. The van der Waals surface area contributed by atoms with Crippen molar-refractivity contribution in [2.24, 2.45) is 0 Å². The van der Waals surface area contributed by atoms with Crippen molar-refractivity contribution in [1.29, 1.82) is 0 Å². The molecule has 1 saturated heterocycles. The van der Waals surface area contributed by atoms with E-state index in [2.05, 4.69) is 15.6 Å². The van der Waals surface area contributed by atoms with Crippen molar-refractivity contribution >= 4 is 24.8 Å². The average Bonchev–Trinajstić information content (AvgIpc) is 2.93. The maximum Gasteiger partial charge on any atom is 0.160 e. The second kappa shape index (κ2) is 7.68. The van der Waals surface area contributed by atoms with Crippen molar-refractivity contribution in [3.05, 3.63) is 41.7 Å². The third-order valence-corrected chi connectivity index (χ3v) is 3.44. The van der Waals surface area contributed by atoms with Crippen LogP contribution in [0.15, 0.2) is 24.4 Å². The number of halogens is 4. The fourth-order valence-corrected chi connectivity index (χ4v) is 2.34. The summed E-state index contributed by atoms with van der Waals surface area (Å²) in [4.78, 5) is 0. The lowest BCUT2D eigenvalue weighted by atomic mass is 9.95. The van der Waals surface area contributed by atoms with E-state index in [9.17, 15) is 8.78 Å². The van der Waals surface area contributed by atoms with E-state index in [1.807, 2.05) is 0 Å². The van der Waals surface area contributed by atoms with Gasteiger partial charge in [-0.25, -0.2) is 13.5 Å². The van der Waals surface area contributed by atoms with Crippen LogP contribution in [-0.2, 0) is 0 Å². The minimum atomic E-state index is -0.878. The van der Waals surface area contributed by atoms with Crippen molar-refractivity contribution in [2.75, 3.05) is 13.1 Å². The van der Waals surface area contributed by atoms with Gasteiger partial charge in [0.05, 0.1) is 17.6 Å². The van der Waals surface area contributed by atoms with Gasteiger partial charge in [-0.3, -0.25) is 0 Å². The highest BCUT2D eigenvalue weighted by atomic mass is 35.5. The molecule has 1 aromatic heterocycles. The molecule has 0 unspecified atom stereocenters. The summed E-state index contributed by atoms with van der Waals surface area (Å²) in [6.07, 6.45) is 3.84. The molecule has 0 aliphatic carbocycles. The minimum absolute atomic E-state index is 0. The first-order chi connectivity index (χ1) is 9.24. The molecule has 0 atom stereocenters. The maximum absolute atomic E-state index is 13.2. The lowest BCUT2D eigenvalue weighted by Crippen LogP contribution is -2.26. The van der Waals surface area contributed by atoms with Crippen LogP contribution in [0, 0.1) is 11.6 Å². The molecule has 2 aromatic rings. The summed E-state index contributed by atoms with van der Waals surface area (Å²) < 4.78 is 27.6. The SMILES string of the molecule is Cl.Cl.Fc1ccc(-n2cc(C3CCNCC3)nn2)cc1F. The van der Waals surface area contributed by atoms with Crippen molar-refractivity contribution in [2.45, 2.75) is 18.8 Å². The van der Waals surface area contributed by atoms with Gasteiger partial charge in [0.1, 0.15) is 0 Å². The number of nitrogens with one attached hydrogen (secondary N) is 1. The Kier molecular flexibility index (Phi) is 6.51. The molecule has 116 valence electrons. The predicted molar refractivity (Wildman–Crippen MR) is 80.6 cm³/mol. The van der Waals surface area contributed by atoms with Crippen LogP contribution < -0.4 is 5.32 Å². The zero-order valence-corrected chi connectivity index (χ0v) is 12.8. The van der Waals surface area contributed by atoms with Crippen molar-refractivity contribution in [1.82, 2.24) is 20.3 Å². The van der Waals surface area contributed by atoms with Gasteiger partial charge in [-0.15, -0.1) is 29.9 Å². The fraction of sp³-hybridized carbons (Fsp3) is 0.385. The zero-order valence-electron chi connectivity index (χ0n) is 11.1. The number of piperidine rings is 1. The summed E-state index contributed by atoms with van der Waals surface area (Å²) in [6.45, 7) is 1.95. The van der Waals surface area contributed by atoms with Crippen LogP contribution in [-0.4, -0.2) is 28.1 Å². The molecule has 0 bridgehead atoms. The van der Waals surface area contributed by atoms with E-state index in [4.69, 9.17) is 0 Å². The van der Waals surface area contributed by atoms with E-state index in [-0.39, 0.29) is 24.8 Å². The van der Waals surface area contributed by atoms with Crippen LogP contribution in [0.2, 0.25) is 0 Å². The highest BCUT2D eigenvalue weighted by Crippen LogP contribution is 2.23. The molecule has 8 heteroatoms. The molecule has 4 nitrogen and oxygen atoms in total. The molecular formula is C13H16Cl2F2N4. The summed E-state index contributed by atoms with van der Waals surface area (Å²) in [6, 6.07) is 3.70. The lowest BCUT2D eigenvalue weighted by molar-refractivity contribution is 0.453. The van der Waals surface area contributed by atoms with Crippen molar-refractivity contribution in [3.63, 3.8) is 0 Å². The van der Waals surface area contributed by atoms with Crippen LogP contribution in [0.1, 0.15) is 24.5 Å². The highest BCUT2D eigenvalue weighted by molar-refractivity contribution is 5.85. The van der Waals surface area contributed by atoms with E-state index in [0.29, 0.717) is 11.6 Å². The summed E-state index contributed by atoms with van der Waals surface area (Å²) >= 11 is 0. The number of aromatic nitrogens is 3. The van der Waals surface area contributed by atoms with Gasteiger partial charge in [-0.05, 0) is 38.1 Å². The molecule has 2 heterocycles. The number of rotatable bonds is 2. The molecule has 0 spiro atoms. The molecule has 0 radical (unpaired) electrons.